The maximum atomic E-state index is 14.0. The first-order valence-corrected chi connectivity index (χ1v) is 10.2. The number of nitrogens with zero attached hydrogens (tertiary/aromatic N) is 3. The van der Waals surface area contributed by atoms with E-state index in [4.69, 9.17) is 25.8 Å². The lowest BCUT2D eigenvalue weighted by molar-refractivity contribution is -1.12. The zero-order valence-corrected chi connectivity index (χ0v) is 17.3. The van der Waals surface area contributed by atoms with Gasteiger partial charge < -0.3 is 25.5 Å². The van der Waals surface area contributed by atoms with E-state index in [1.807, 2.05) is 0 Å². The molecule has 168 valence electrons. The summed E-state index contributed by atoms with van der Waals surface area (Å²) in [5.41, 5.74) is 12.0. The Morgan fingerprint density at radius 1 is 1.25 bits per heavy atom. The smallest absolute Gasteiger partial charge is 0.408 e. The van der Waals surface area contributed by atoms with Crippen LogP contribution in [0, 0.1) is 17.1 Å². The van der Waals surface area contributed by atoms with Gasteiger partial charge in [-0.1, -0.05) is 12.1 Å². The van der Waals surface area contributed by atoms with Gasteiger partial charge in [0.1, 0.15) is 35.9 Å². The zero-order chi connectivity index (χ0) is 22.9. The first-order valence-electron chi connectivity index (χ1n) is 10.2. The summed E-state index contributed by atoms with van der Waals surface area (Å²) in [5.74, 6) is -0.466. The lowest BCUT2D eigenvalue weighted by Gasteiger charge is -2.44. The first kappa shape index (κ1) is 21.6. The molecule has 2 aromatic rings. The van der Waals surface area contributed by atoms with Crippen LogP contribution in [0.2, 0.25) is 0 Å². The van der Waals surface area contributed by atoms with Crippen LogP contribution < -0.4 is 16.2 Å². The molecule has 0 spiro atoms. The van der Waals surface area contributed by atoms with Crippen LogP contribution in [0.3, 0.4) is 0 Å². The molecule has 3 heterocycles. The Bertz CT molecular complexity index is 1100. The molecule has 10 nitrogen and oxygen atoms in total. The van der Waals surface area contributed by atoms with Crippen LogP contribution in [0.15, 0.2) is 24.3 Å². The first-order chi connectivity index (χ1) is 15.3. The topological polar surface area (TPSA) is 143 Å². The highest BCUT2D eigenvalue weighted by molar-refractivity contribution is 5.81. The van der Waals surface area contributed by atoms with Crippen LogP contribution in [0.1, 0.15) is 24.2 Å². The zero-order valence-electron chi connectivity index (χ0n) is 17.3. The second kappa shape index (κ2) is 8.49. The largest absolute Gasteiger partial charge is 0.459 e. The molecule has 0 aliphatic carbocycles. The third-order valence-electron chi connectivity index (χ3n) is 5.99. The Hall–Kier alpha value is -3.62. The number of halogens is 1. The Balaban J connectivity index is 1.89. The molecule has 4 N–H and O–H groups in total. The molecule has 11 heteroatoms. The second-order valence-electron chi connectivity index (χ2n) is 7.78. The van der Waals surface area contributed by atoms with Crippen molar-refractivity contribution in [1.82, 2.24) is 4.57 Å². The van der Waals surface area contributed by atoms with Gasteiger partial charge in [-0.3, -0.25) is 4.84 Å². The molecule has 1 aromatic heterocycles. The Kier molecular flexibility index (Phi) is 5.73. The number of hydrogen-bond acceptors (Lipinski definition) is 6. The average molecular weight is 444 g/mol. The molecule has 0 radical (unpaired) electrons. The highest BCUT2D eigenvalue weighted by atomic mass is 19.1. The van der Waals surface area contributed by atoms with Crippen LogP contribution in [0.25, 0.3) is 11.1 Å². The van der Waals surface area contributed by atoms with E-state index < -0.39 is 18.0 Å². The maximum Gasteiger partial charge on any atom is 0.459 e. The summed E-state index contributed by atoms with van der Waals surface area (Å²) in [6.45, 7) is 1.75. The Morgan fingerprint density at radius 2 is 2.00 bits per heavy atom. The van der Waals surface area contributed by atoms with Crippen molar-refractivity contribution < 1.29 is 32.9 Å². The summed E-state index contributed by atoms with van der Waals surface area (Å²) in [7, 11) is 0. The van der Waals surface area contributed by atoms with Gasteiger partial charge in [0.25, 0.3) is 0 Å². The molecule has 32 heavy (non-hydrogen) atoms. The highest BCUT2D eigenvalue weighted by Gasteiger charge is 2.48. The number of hydroxylamine groups is 3. The van der Waals surface area contributed by atoms with E-state index in [1.165, 1.54) is 18.2 Å². The van der Waals surface area contributed by atoms with Crippen molar-refractivity contribution in [1.29, 1.82) is 5.26 Å². The predicted molar refractivity (Wildman–Crippen MR) is 108 cm³/mol. The van der Waals surface area contributed by atoms with E-state index in [2.05, 4.69) is 6.07 Å². The summed E-state index contributed by atoms with van der Waals surface area (Å²) in [5, 5.41) is 9.91. The van der Waals surface area contributed by atoms with E-state index in [0.717, 1.165) is 0 Å². The van der Waals surface area contributed by atoms with Gasteiger partial charge in [0.15, 0.2) is 12.3 Å². The molecule has 2 amide bonds. The summed E-state index contributed by atoms with van der Waals surface area (Å²) in [4.78, 5) is 29.2. The maximum absolute atomic E-state index is 14.0. The summed E-state index contributed by atoms with van der Waals surface area (Å²) >= 11 is 0. The lowest BCUT2D eigenvalue weighted by atomic mass is 10.0. The molecular formula is C21H23FN5O5+. The van der Waals surface area contributed by atoms with Gasteiger partial charge in [0, 0.05) is 12.8 Å². The van der Waals surface area contributed by atoms with Crippen molar-refractivity contribution in [2.45, 2.75) is 32.0 Å². The molecule has 1 saturated heterocycles. The average Bonchev–Trinajstić information content (AvgIpc) is 3.05. The van der Waals surface area contributed by atoms with Crippen LogP contribution in [0.5, 0.6) is 5.75 Å². The van der Waals surface area contributed by atoms with Gasteiger partial charge in [0.05, 0.1) is 25.3 Å². The number of nitrogens with two attached hydrogens (primary N) is 2. The van der Waals surface area contributed by atoms with Gasteiger partial charge in [-0.15, -0.1) is 4.65 Å². The molecule has 1 unspecified atom stereocenters. The number of quaternary nitrogens is 1. The van der Waals surface area contributed by atoms with Gasteiger partial charge >= 0.3 is 12.2 Å². The molecule has 4 rings (SSSR count). The molecule has 1 aromatic carbocycles. The molecule has 2 aliphatic heterocycles. The van der Waals surface area contributed by atoms with Crippen LogP contribution >= 0.6 is 0 Å². The fourth-order valence-corrected chi connectivity index (χ4v) is 4.69. The van der Waals surface area contributed by atoms with Crippen molar-refractivity contribution in [3.63, 3.8) is 0 Å². The van der Waals surface area contributed by atoms with Crippen molar-refractivity contribution in [2.75, 3.05) is 19.8 Å². The van der Waals surface area contributed by atoms with Crippen LogP contribution in [-0.2, 0) is 22.7 Å². The van der Waals surface area contributed by atoms with Gasteiger partial charge in [-0.2, -0.15) is 5.26 Å². The van der Waals surface area contributed by atoms with Crippen LogP contribution in [0.4, 0.5) is 14.0 Å². The quantitative estimate of drug-likeness (QED) is 0.692. The number of nitriles is 1. The minimum absolute atomic E-state index is 0.0435. The number of carbonyl (C=O) groups is 2. The van der Waals surface area contributed by atoms with E-state index in [-0.39, 0.29) is 40.8 Å². The van der Waals surface area contributed by atoms with Gasteiger partial charge in [-0.25, -0.2) is 14.0 Å². The molecule has 0 bridgehead atoms. The highest BCUT2D eigenvalue weighted by Crippen LogP contribution is 2.44. The summed E-state index contributed by atoms with van der Waals surface area (Å²) < 4.78 is 26.3. The number of benzene rings is 1. The lowest BCUT2D eigenvalue weighted by Crippen LogP contribution is -2.61. The standard InChI is InChI=1S/C21H22FN5O5/c22-14-3-1-2-13(10-14)18-16(11-23)26-6-7-27(32-21(25)29,15-4-8-30-9-5-15)12-17(26)19(18)31-20(24)28/h1-3,10,15H,4-9,12H2,(H3-,24,25,28,29)/p+1. The fraction of sp³-hybridized carbons (Fsp3) is 0.381. The van der Waals surface area contributed by atoms with Gasteiger partial charge in [-0.05, 0) is 17.7 Å². The number of aromatic nitrogens is 1. The third-order valence-corrected chi connectivity index (χ3v) is 5.99. The molecule has 1 fully saturated rings. The number of carbonyl (C=O) groups excluding carboxylic acids is 2. The Labute approximate surface area is 183 Å². The van der Waals surface area contributed by atoms with Crippen molar-refractivity contribution in [3.05, 3.63) is 41.5 Å². The van der Waals surface area contributed by atoms with Gasteiger partial charge in [0.2, 0.25) is 0 Å². The molecule has 1 atom stereocenters. The number of ether oxygens (including phenoxy) is 2. The second-order valence-corrected chi connectivity index (χ2v) is 7.78. The SMILES string of the molecule is N#Cc1c(-c2cccc(F)c2)c(OC(N)=O)c2n1CC[N+](OC(N)=O)(C1CCOCC1)C2. The predicted octanol–water partition coefficient (Wildman–Crippen LogP) is 2.14. The van der Waals surface area contributed by atoms with Crippen LogP contribution in [-0.4, -0.2) is 47.2 Å². The summed E-state index contributed by atoms with van der Waals surface area (Å²) in [6.07, 6.45) is -0.727. The van der Waals surface area contributed by atoms with Crippen molar-refractivity contribution >= 4 is 12.2 Å². The molecule has 2 aliphatic rings. The molecular weight excluding hydrogens is 421 g/mol. The van der Waals surface area contributed by atoms with E-state index in [9.17, 15) is 19.2 Å². The summed E-state index contributed by atoms with van der Waals surface area (Å²) in [6, 6.07) is 7.66. The minimum Gasteiger partial charge on any atom is -0.408 e. The normalized spacial score (nSPS) is 20.8. The number of hydrogen-bond donors (Lipinski definition) is 2. The third kappa shape index (κ3) is 3.86. The fourth-order valence-electron chi connectivity index (χ4n) is 4.69. The minimum atomic E-state index is -1.08. The van der Waals surface area contributed by atoms with Crippen molar-refractivity contribution in [2.24, 2.45) is 11.5 Å². The van der Waals surface area contributed by atoms with E-state index in [0.29, 0.717) is 43.9 Å². The monoisotopic (exact) mass is 444 g/mol. The van der Waals surface area contributed by atoms with E-state index in [1.54, 1.807) is 10.6 Å². The number of fused-ring (bicyclic) bond motifs is 1. The van der Waals surface area contributed by atoms with Crippen molar-refractivity contribution in [3.8, 4) is 22.9 Å². The number of rotatable bonds is 4. The number of amides is 2. The number of primary amides is 2. The van der Waals surface area contributed by atoms with E-state index >= 15 is 0 Å². The Morgan fingerprint density at radius 3 is 2.62 bits per heavy atom. The molecule has 0 saturated carbocycles.